The molecule has 2 saturated heterocycles. The molecule has 9 heteroatoms. The van der Waals surface area contributed by atoms with Crippen molar-refractivity contribution in [3.05, 3.63) is 29.3 Å². The molecule has 3 aliphatic rings. The number of rotatable bonds is 2. The van der Waals surface area contributed by atoms with Gasteiger partial charge in [0.25, 0.3) is 11.8 Å². The first-order chi connectivity index (χ1) is 12.0. The Balaban J connectivity index is 0.00000196. The molecule has 1 aromatic rings. The zero-order chi connectivity index (χ0) is 17.7. The van der Waals surface area contributed by atoms with Gasteiger partial charge in [-0.2, -0.15) is 0 Å². The Morgan fingerprint density at radius 1 is 1.08 bits per heavy atom. The fraction of sp³-hybridized carbons (Fsp3) is 0.412. The summed E-state index contributed by atoms with van der Waals surface area (Å²) in [7, 11) is 0. The van der Waals surface area contributed by atoms with Gasteiger partial charge >= 0.3 is 0 Å². The van der Waals surface area contributed by atoms with Crippen LogP contribution in [0.2, 0.25) is 0 Å². The number of fused-ring (bicyclic) bond motifs is 1. The molecule has 0 aliphatic carbocycles. The van der Waals surface area contributed by atoms with E-state index in [1.165, 1.54) is 0 Å². The summed E-state index contributed by atoms with van der Waals surface area (Å²) in [6.07, 6.45) is 1.08. The first-order valence-electron chi connectivity index (χ1n) is 8.32. The number of benzene rings is 1. The van der Waals surface area contributed by atoms with Crippen molar-refractivity contribution in [2.75, 3.05) is 18.0 Å². The molecule has 3 N–H and O–H groups in total. The molecular weight excluding hydrogens is 360 g/mol. The molecule has 1 aromatic carbocycles. The van der Waals surface area contributed by atoms with Crippen LogP contribution in [0.4, 0.5) is 5.69 Å². The standard InChI is InChI=1S/C17H18N4O4.ClH/c18-9-6-7-20(8-9)11-3-1-2-10-14(11)17(25)21(16(10)24)12-4-5-13(22)19-15(12)23;/h1-3,9,12H,4-8,18H2,(H,19,22,23);1H/t9-,12?;/m0./s1. The lowest BCUT2D eigenvalue weighted by atomic mass is 10.0. The van der Waals surface area contributed by atoms with Gasteiger partial charge in [0.05, 0.1) is 16.8 Å². The van der Waals surface area contributed by atoms with E-state index in [1.54, 1.807) is 18.2 Å². The number of carbonyl (C=O) groups is 4. The summed E-state index contributed by atoms with van der Waals surface area (Å²) in [5.74, 6) is -1.95. The summed E-state index contributed by atoms with van der Waals surface area (Å²) in [5.41, 5.74) is 7.26. The maximum Gasteiger partial charge on any atom is 0.264 e. The van der Waals surface area contributed by atoms with E-state index in [-0.39, 0.29) is 37.2 Å². The highest BCUT2D eigenvalue weighted by Crippen LogP contribution is 2.35. The minimum Gasteiger partial charge on any atom is -0.369 e. The van der Waals surface area contributed by atoms with Gasteiger partial charge in [0.1, 0.15) is 6.04 Å². The van der Waals surface area contributed by atoms with E-state index < -0.39 is 23.8 Å². The molecular formula is C17H19ClN4O4. The number of hydrogen-bond acceptors (Lipinski definition) is 6. The Morgan fingerprint density at radius 2 is 1.85 bits per heavy atom. The molecule has 3 aliphatic heterocycles. The van der Waals surface area contributed by atoms with Crippen LogP contribution in [0.5, 0.6) is 0 Å². The molecule has 0 saturated carbocycles. The summed E-state index contributed by atoms with van der Waals surface area (Å²) < 4.78 is 0. The fourth-order valence-electron chi connectivity index (χ4n) is 3.77. The van der Waals surface area contributed by atoms with Crippen LogP contribution in [0, 0.1) is 0 Å². The fourth-order valence-corrected chi connectivity index (χ4v) is 3.77. The second-order valence-corrected chi connectivity index (χ2v) is 6.64. The monoisotopic (exact) mass is 378 g/mol. The number of hydrogen-bond donors (Lipinski definition) is 2. The van der Waals surface area contributed by atoms with Crippen molar-refractivity contribution in [3.63, 3.8) is 0 Å². The molecule has 2 fully saturated rings. The Kier molecular flexibility index (Phi) is 4.72. The predicted octanol–water partition coefficient (Wildman–Crippen LogP) is 0.0470. The number of carbonyl (C=O) groups excluding carboxylic acids is 4. The molecule has 138 valence electrons. The summed E-state index contributed by atoms with van der Waals surface area (Å²) in [5, 5.41) is 2.20. The topological polar surface area (TPSA) is 113 Å². The smallest absolute Gasteiger partial charge is 0.264 e. The van der Waals surface area contributed by atoms with Gasteiger partial charge in [0.2, 0.25) is 11.8 Å². The molecule has 4 amide bonds. The second kappa shape index (κ2) is 6.69. The predicted molar refractivity (Wildman–Crippen MR) is 95.2 cm³/mol. The van der Waals surface area contributed by atoms with E-state index in [4.69, 9.17) is 5.73 Å². The van der Waals surface area contributed by atoms with E-state index in [9.17, 15) is 19.2 Å². The van der Waals surface area contributed by atoms with Gasteiger partial charge in [0.15, 0.2) is 0 Å². The van der Waals surface area contributed by atoms with Gasteiger partial charge in [0, 0.05) is 25.6 Å². The van der Waals surface area contributed by atoms with Crippen LogP contribution < -0.4 is 16.0 Å². The summed E-state index contributed by atoms with van der Waals surface area (Å²) >= 11 is 0. The first-order valence-corrected chi connectivity index (χ1v) is 8.32. The van der Waals surface area contributed by atoms with E-state index >= 15 is 0 Å². The van der Waals surface area contributed by atoms with Crippen molar-refractivity contribution in [2.45, 2.75) is 31.3 Å². The van der Waals surface area contributed by atoms with Gasteiger partial charge in [-0.25, -0.2) is 0 Å². The van der Waals surface area contributed by atoms with E-state index in [0.717, 1.165) is 17.9 Å². The number of amides is 4. The van der Waals surface area contributed by atoms with E-state index in [1.807, 2.05) is 4.90 Å². The van der Waals surface area contributed by atoms with Gasteiger partial charge in [-0.3, -0.25) is 29.4 Å². The van der Waals surface area contributed by atoms with Crippen LogP contribution in [0.3, 0.4) is 0 Å². The highest BCUT2D eigenvalue weighted by atomic mass is 35.5. The Hall–Kier alpha value is -2.45. The van der Waals surface area contributed by atoms with Crippen molar-refractivity contribution in [2.24, 2.45) is 5.73 Å². The molecule has 1 unspecified atom stereocenters. The number of nitrogens with two attached hydrogens (primary N) is 1. The van der Waals surface area contributed by atoms with E-state index in [2.05, 4.69) is 5.32 Å². The number of nitrogens with zero attached hydrogens (tertiary/aromatic N) is 2. The molecule has 0 bridgehead atoms. The minimum absolute atomic E-state index is 0. The van der Waals surface area contributed by atoms with Crippen LogP contribution in [-0.2, 0) is 9.59 Å². The Morgan fingerprint density at radius 3 is 2.50 bits per heavy atom. The van der Waals surface area contributed by atoms with Gasteiger partial charge in [-0.05, 0) is 25.0 Å². The quantitative estimate of drug-likeness (QED) is 0.703. The number of halogens is 1. The molecule has 3 heterocycles. The highest BCUT2D eigenvalue weighted by molar-refractivity contribution is 6.25. The molecule has 0 radical (unpaired) electrons. The molecule has 0 spiro atoms. The van der Waals surface area contributed by atoms with Crippen molar-refractivity contribution >= 4 is 41.7 Å². The number of anilines is 1. The van der Waals surface area contributed by atoms with Crippen LogP contribution in [0.1, 0.15) is 40.0 Å². The maximum absolute atomic E-state index is 13.0. The van der Waals surface area contributed by atoms with Crippen molar-refractivity contribution in [1.82, 2.24) is 10.2 Å². The minimum atomic E-state index is -0.946. The van der Waals surface area contributed by atoms with Crippen LogP contribution in [0.25, 0.3) is 0 Å². The highest BCUT2D eigenvalue weighted by Gasteiger charge is 2.46. The maximum atomic E-state index is 13.0. The Labute approximate surface area is 156 Å². The van der Waals surface area contributed by atoms with Gasteiger partial charge in [-0.15, -0.1) is 12.4 Å². The van der Waals surface area contributed by atoms with Crippen molar-refractivity contribution < 1.29 is 19.2 Å². The number of piperidine rings is 1. The third-order valence-electron chi connectivity index (χ3n) is 5.01. The Bertz CT molecular complexity index is 812. The van der Waals surface area contributed by atoms with Crippen LogP contribution in [-0.4, -0.2) is 53.7 Å². The SMILES string of the molecule is Cl.N[C@H]1CCN(c2cccc3c2C(=O)N(C2CCC(=O)NC2=O)C3=O)C1. The lowest BCUT2D eigenvalue weighted by molar-refractivity contribution is -0.136. The zero-order valence-corrected chi connectivity index (χ0v) is 14.8. The van der Waals surface area contributed by atoms with E-state index in [0.29, 0.717) is 23.4 Å². The van der Waals surface area contributed by atoms with Gasteiger partial charge < -0.3 is 10.6 Å². The normalized spacial score (nSPS) is 25.3. The molecule has 2 atom stereocenters. The molecule has 4 rings (SSSR count). The second-order valence-electron chi connectivity index (χ2n) is 6.64. The van der Waals surface area contributed by atoms with Gasteiger partial charge in [-0.1, -0.05) is 6.07 Å². The summed E-state index contributed by atoms with van der Waals surface area (Å²) in [6, 6.07) is 4.22. The molecule has 8 nitrogen and oxygen atoms in total. The van der Waals surface area contributed by atoms with Crippen molar-refractivity contribution in [1.29, 1.82) is 0 Å². The third kappa shape index (κ3) is 2.75. The third-order valence-corrected chi connectivity index (χ3v) is 5.01. The average Bonchev–Trinajstić information content (AvgIpc) is 3.11. The van der Waals surface area contributed by atoms with Crippen molar-refractivity contribution in [3.8, 4) is 0 Å². The average molecular weight is 379 g/mol. The summed E-state index contributed by atoms with van der Waals surface area (Å²) in [4.78, 5) is 52.2. The summed E-state index contributed by atoms with van der Waals surface area (Å²) in [6.45, 7) is 1.34. The molecule has 0 aromatic heterocycles. The largest absolute Gasteiger partial charge is 0.369 e. The van der Waals surface area contributed by atoms with Crippen LogP contribution >= 0.6 is 12.4 Å². The number of nitrogens with one attached hydrogen (secondary N) is 1. The zero-order valence-electron chi connectivity index (χ0n) is 13.9. The number of imide groups is 2. The molecule has 26 heavy (non-hydrogen) atoms. The lowest BCUT2D eigenvalue weighted by Crippen LogP contribution is -2.54. The lowest BCUT2D eigenvalue weighted by Gasteiger charge is -2.28. The first kappa shape index (κ1) is 18.3. The van der Waals surface area contributed by atoms with Crippen LogP contribution in [0.15, 0.2) is 18.2 Å².